The standard InChI is InChI=1S/C24H42O2.C22H38O2.C20H38O2Si2.C18H30O2.C15H24O4.C14H26O2Si2/c1-5-7-9-11-13-15-17-25-23-19-22(4)24(20-21(23)3)26-18-16-14-12-10-8-6-2;1-9-21(10-2,11-3)17-15-20(24-8)18(16-19(17)23-7)22(12-4,13-5)14-6;1-9-11-13-23(5,6)21-19-15-18(4)20(16-17(19)3)22-24(7,8)14-12-10-2;1-7-17(5,8-2)13-11-16(20)14(12-15(13)19)18(6,9-3)10-4;1-7-15(16,17)11-9-12(18-5)10(14(2,3)4)8-13(11)19-6;1-11-9-14(16-18(6,7)8)12(2)10-13(11)15-17(3,4)5/h19-20H,5-18H2,1-4H3;2*15-16H,9-14H2,1-8H3;11-12,19-20H,7-10H2,1-6H3;8-9,16-17H,7H2,1-6H3;9-10H,1-8H3. The minimum Gasteiger partial charge on any atom is -0.544 e. The van der Waals surface area contributed by atoms with E-state index in [4.69, 9.17) is 46.1 Å². The molecule has 6 aromatic carbocycles. The summed E-state index contributed by atoms with van der Waals surface area (Å²) in [4.78, 5) is 0. The second-order valence-electron chi connectivity index (χ2n) is 41.8. The average Bonchev–Trinajstić information content (AvgIpc) is 0.763. The highest BCUT2D eigenvalue weighted by molar-refractivity contribution is 6.72. The summed E-state index contributed by atoms with van der Waals surface area (Å²) in [6.45, 7) is 80.2. The van der Waals surface area contributed by atoms with Gasteiger partial charge < -0.3 is 66.6 Å². The number of benzene rings is 6. The van der Waals surface area contributed by atoms with Crippen molar-refractivity contribution in [2.24, 2.45) is 0 Å². The van der Waals surface area contributed by atoms with Gasteiger partial charge in [0.15, 0.2) is 5.79 Å². The van der Waals surface area contributed by atoms with Gasteiger partial charge in [-0.05, 0) is 329 Å². The zero-order valence-corrected chi connectivity index (χ0v) is 95.7. The molecule has 0 aliphatic rings. The Morgan fingerprint density at radius 2 is 0.504 bits per heavy atom. The van der Waals surface area contributed by atoms with Gasteiger partial charge in [-0.25, -0.2) is 0 Å². The number of hydrogen-bond acceptors (Lipinski definition) is 14. The molecule has 0 fully saturated rings. The van der Waals surface area contributed by atoms with Crippen LogP contribution in [0.5, 0.6) is 69.0 Å². The number of aryl methyl sites for hydroxylation is 6. The van der Waals surface area contributed by atoms with Crippen molar-refractivity contribution in [1.82, 2.24) is 0 Å². The van der Waals surface area contributed by atoms with Gasteiger partial charge >= 0.3 is 0 Å². The molecule has 0 aliphatic heterocycles. The van der Waals surface area contributed by atoms with Crippen molar-refractivity contribution in [3.8, 4) is 69.0 Å². The maximum Gasteiger partial charge on any atom is 0.245 e. The second kappa shape index (κ2) is 58.3. The quantitative estimate of drug-likeness (QED) is 0.0123. The van der Waals surface area contributed by atoms with Gasteiger partial charge in [-0.3, -0.25) is 0 Å². The summed E-state index contributed by atoms with van der Waals surface area (Å²) in [7, 11) is 0.322. The van der Waals surface area contributed by atoms with Gasteiger partial charge in [0.05, 0.1) is 47.2 Å². The highest BCUT2D eigenvalue weighted by atomic mass is 28.4. The summed E-state index contributed by atoms with van der Waals surface area (Å²) in [6.07, 6.45) is 31.2. The van der Waals surface area contributed by atoms with Crippen LogP contribution in [0.3, 0.4) is 0 Å². The van der Waals surface area contributed by atoms with Crippen molar-refractivity contribution in [3.63, 3.8) is 0 Å². The molecule has 0 aromatic heterocycles. The van der Waals surface area contributed by atoms with Crippen LogP contribution in [0.25, 0.3) is 0 Å². The molecule has 6 aromatic rings. The molecule has 0 aliphatic carbocycles. The molecule has 18 heteroatoms. The zero-order valence-electron chi connectivity index (χ0n) is 91.7. The number of rotatable bonds is 50. The normalized spacial score (nSPS) is 12.1. The van der Waals surface area contributed by atoms with Crippen LogP contribution in [-0.4, -0.2) is 95.3 Å². The third-order valence-electron chi connectivity index (χ3n) is 27.3. The van der Waals surface area contributed by atoms with E-state index >= 15 is 0 Å². The topological polar surface area (TPSA) is 173 Å². The number of aromatic hydroxyl groups is 2. The predicted molar refractivity (Wildman–Crippen MR) is 574 cm³/mol. The fourth-order valence-corrected chi connectivity index (χ4v) is 22.9. The van der Waals surface area contributed by atoms with E-state index in [-0.39, 0.29) is 33.5 Å². The van der Waals surface area contributed by atoms with Gasteiger partial charge in [0.25, 0.3) is 0 Å². The monoisotopic (exact) mass is 1890 g/mol. The molecule has 0 bridgehead atoms. The Kier molecular flexibility index (Phi) is 54.6. The molecule has 4 N–H and O–H groups in total. The molecule has 0 spiro atoms. The highest BCUT2D eigenvalue weighted by Crippen LogP contribution is 2.50. The molecule has 0 unspecified atom stereocenters. The maximum atomic E-state index is 10.5. The van der Waals surface area contributed by atoms with Gasteiger partial charge in [0.1, 0.15) is 69.0 Å². The minimum absolute atomic E-state index is 0.0884. The van der Waals surface area contributed by atoms with Crippen LogP contribution < -0.4 is 46.1 Å². The highest BCUT2D eigenvalue weighted by Gasteiger charge is 2.38. The fourth-order valence-electron chi connectivity index (χ4n) is 16.9. The van der Waals surface area contributed by atoms with Crippen LogP contribution in [0.1, 0.15) is 379 Å². The molecule has 131 heavy (non-hydrogen) atoms. The van der Waals surface area contributed by atoms with Crippen LogP contribution in [0.2, 0.25) is 77.6 Å². The van der Waals surface area contributed by atoms with E-state index in [1.165, 1.54) is 142 Å². The molecule has 14 nitrogen and oxygen atoms in total. The molecule has 750 valence electrons. The molecule has 0 saturated heterocycles. The zero-order chi connectivity index (χ0) is 100. The summed E-state index contributed by atoms with van der Waals surface area (Å²) < 4.78 is 59.5. The molecule has 0 atom stereocenters. The molecule has 6 rings (SSSR count). The first-order valence-electron chi connectivity index (χ1n) is 51.1. The third kappa shape index (κ3) is 39.7. The molecular weight excluding hydrogens is 1690 g/mol. The number of methoxy groups -OCH3 is 4. The Morgan fingerprint density at radius 1 is 0.260 bits per heavy atom. The number of phenolic OH excluding ortho intramolecular Hbond substituents is 2. The van der Waals surface area contributed by atoms with Crippen molar-refractivity contribution >= 4 is 33.3 Å². The van der Waals surface area contributed by atoms with Crippen LogP contribution >= 0.6 is 0 Å². The minimum atomic E-state index is -1.92. The number of ether oxygens (including phenoxy) is 6. The van der Waals surface area contributed by atoms with Crippen molar-refractivity contribution in [1.29, 1.82) is 0 Å². The summed E-state index contributed by atoms with van der Waals surface area (Å²) in [5, 5.41) is 41.0. The van der Waals surface area contributed by atoms with E-state index in [2.05, 4.69) is 287 Å². The van der Waals surface area contributed by atoms with E-state index in [9.17, 15) is 20.4 Å². The molecular formula is C113H198O14Si4. The third-order valence-corrected chi connectivity index (χ3v) is 33.6. The van der Waals surface area contributed by atoms with E-state index < -0.39 is 39.1 Å². The fraction of sp³-hybridized carbons (Fsp3) is 0.681. The lowest BCUT2D eigenvalue weighted by atomic mass is 9.69. The SMILES string of the molecule is CCC(C)(CC)c1cc(O)c(C(C)(CC)CC)cc1O.CCC(CC)(CC)c1cc(OC)c(C(CC)(CC)CC)cc1OC.CCC(O)(O)c1cc(OC)c(C(C)(C)C)cc1OC.CCCCCCCCOc1cc(C)c(OCCCCCCCC)cc1C.CCCC[Si](C)(C)Oc1cc(C)c(O[Si](C)(C)CCCC)cc1C.Cc1cc(O[Si](C)(C)C)c(C)cc1O[Si](C)(C)C. The number of hydrogen-bond donors (Lipinski definition) is 4. The van der Waals surface area contributed by atoms with Gasteiger partial charge in [-0.2, -0.15) is 0 Å². The largest absolute Gasteiger partial charge is 0.544 e. The van der Waals surface area contributed by atoms with E-state index in [1.807, 2.05) is 6.07 Å². The van der Waals surface area contributed by atoms with Gasteiger partial charge in [0, 0.05) is 34.2 Å². The summed E-state index contributed by atoms with van der Waals surface area (Å²) in [5.74, 6) is 8.01. The predicted octanol–water partition coefficient (Wildman–Crippen LogP) is 34.0. The first kappa shape index (κ1) is 123. The van der Waals surface area contributed by atoms with Crippen LogP contribution in [0, 0.1) is 41.5 Å². The van der Waals surface area contributed by atoms with Gasteiger partial charge in [-0.1, -0.05) is 228 Å². The van der Waals surface area contributed by atoms with E-state index in [0.717, 1.165) is 164 Å². The Morgan fingerprint density at radius 3 is 0.763 bits per heavy atom. The summed E-state index contributed by atoms with van der Waals surface area (Å²) >= 11 is 0. The first-order valence-corrected chi connectivity index (χ1v) is 64.1. The summed E-state index contributed by atoms with van der Waals surface area (Å²) in [6, 6.07) is 26.9. The smallest absolute Gasteiger partial charge is 0.245 e. The lowest BCUT2D eigenvalue weighted by molar-refractivity contribution is -0.172. The Labute approximate surface area is 808 Å². The Balaban J connectivity index is 0.000000789. The average molecular weight is 1890 g/mol. The molecule has 0 radical (unpaired) electrons. The van der Waals surface area contributed by atoms with Crippen molar-refractivity contribution in [2.45, 2.75) is 464 Å². The van der Waals surface area contributed by atoms with Gasteiger partial charge in [0.2, 0.25) is 33.3 Å². The van der Waals surface area contributed by atoms with Crippen LogP contribution in [0.15, 0.2) is 72.8 Å². The van der Waals surface area contributed by atoms with E-state index in [1.54, 1.807) is 46.5 Å². The van der Waals surface area contributed by atoms with Crippen LogP contribution in [0.4, 0.5) is 0 Å². The molecule has 0 saturated carbocycles. The van der Waals surface area contributed by atoms with Crippen molar-refractivity contribution in [3.05, 3.63) is 140 Å². The lowest BCUT2D eigenvalue weighted by Gasteiger charge is -2.36. The lowest BCUT2D eigenvalue weighted by Crippen LogP contribution is -2.35. The summed E-state index contributed by atoms with van der Waals surface area (Å²) in [5.41, 5.74) is 12.7. The first-order chi connectivity index (χ1) is 61.2. The number of phenols is 2. The maximum absolute atomic E-state index is 10.5. The van der Waals surface area contributed by atoms with Crippen molar-refractivity contribution < 1.29 is 66.6 Å². The van der Waals surface area contributed by atoms with Crippen molar-refractivity contribution in [2.75, 3.05) is 41.7 Å². The second-order valence-corrected chi connectivity index (χ2v) is 59.1. The Bertz CT molecular complexity index is 3980. The Hall–Kier alpha value is -6.29. The number of aliphatic hydroxyl groups is 2. The van der Waals surface area contributed by atoms with E-state index in [0.29, 0.717) is 28.6 Å². The number of unbranched alkanes of at least 4 members (excludes halogenated alkanes) is 12. The van der Waals surface area contributed by atoms with Crippen LogP contribution in [-0.2, 0) is 32.9 Å². The van der Waals surface area contributed by atoms with Gasteiger partial charge in [-0.15, -0.1) is 0 Å². The molecule has 0 heterocycles. The molecule has 0 amide bonds.